The van der Waals surface area contributed by atoms with Crippen LogP contribution in [0.25, 0.3) is 0 Å². The van der Waals surface area contributed by atoms with Gasteiger partial charge in [0.05, 0.1) is 0 Å². The fourth-order valence-corrected chi connectivity index (χ4v) is 6.05. The molecule has 1 heterocycles. The Morgan fingerprint density at radius 1 is 1.18 bits per heavy atom. The van der Waals surface area contributed by atoms with Crippen molar-refractivity contribution in [3.05, 3.63) is 0 Å². The number of thioether (sulfide) groups is 2. The van der Waals surface area contributed by atoms with Gasteiger partial charge in [0.25, 0.3) is 0 Å². The lowest BCUT2D eigenvalue weighted by Gasteiger charge is -2.34. The van der Waals surface area contributed by atoms with Crippen LogP contribution in [0.3, 0.4) is 0 Å². The maximum atomic E-state index is 6.40. The summed E-state index contributed by atoms with van der Waals surface area (Å²) in [4.78, 5) is 0. The van der Waals surface area contributed by atoms with Crippen LogP contribution in [0.5, 0.6) is 0 Å². The van der Waals surface area contributed by atoms with E-state index in [4.69, 9.17) is 5.73 Å². The summed E-state index contributed by atoms with van der Waals surface area (Å²) in [6, 6.07) is 0.433. The van der Waals surface area contributed by atoms with Crippen LogP contribution in [0.1, 0.15) is 52.4 Å². The summed E-state index contributed by atoms with van der Waals surface area (Å²) in [6.07, 6.45) is 8.49. The predicted molar refractivity (Wildman–Crippen MR) is 81.9 cm³/mol. The Labute approximate surface area is 115 Å². The zero-order valence-electron chi connectivity index (χ0n) is 11.2. The second-order valence-corrected chi connectivity index (χ2v) is 8.84. The first-order valence-electron chi connectivity index (χ1n) is 7.19. The molecule has 2 fully saturated rings. The van der Waals surface area contributed by atoms with Gasteiger partial charge in [-0.3, -0.25) is 0 Å². The first-order valence-corrected chi connectivity index (χ1v) is 9.18. The van der Waals surface area contributed by atoms with Crippen molar-refractivity contribution in [1.82, 2.24) is 0 Å². The van der Waals surface area contributed by atoms with E-state index in [1.54, 1.807) is 0 Å². The van der Waals surface area contributed by atoms with Crippen LogP contribution in [0.15, 0.2) is 0 Å². The van der Waals surface area contributed by atoms with Crippen molar-refractivity contribution in [1.29, 1.82) is 0 Å². The Balaban J connectivity index is 1.70. The van der Waals surface area contributed by atoms with E-state index >= 15 is 0 Å². The Bertz CT molecular complexity index is 228. The molecule has 1 aliphatic carbocycles. The van der Waals surface area contributed by atoms with E-state index in [9.17, 15) is 0 Å². The normalized spacial score (nSPS) is 37.2. The van der Waals surface area contributed by atoms with Crippen LogP contribution in [-0.4, -0.2) is 27.5 Å². The topological polar surface area (TPSA) is 26.0 Å². The molecule has 4 unspecified atom stereocenters. The maximum Gasteiger partial charge on any atom is 0.0292 e. The Morgan fingerprint density at radius 2 is 1.88 bits per heavy atom. The monoisotopic (exact) mass is 273 g/mol. The molecule has 17 heavy (non-hydrogen) atoms. The summed E-state index contributed by atoms with van der Waals surface area (Å²) in [5, 5.41) is 2.28. The average Bonchev–Trinajstić information content (AvgIpc) is 2.82. The lowest BCUT2D eigenvalue weighted by atomic mass is 9.98. The third-order valence-corrected chi connectivity index (χ3v) is 8.01. The molecule has 0 aromatic carbocycles. The average molecular weight is 274 g/mol. The van der Waals surface area contributed by atoms with Crippen molar-refractivity contribution < 1.29 is 0 Å². The van der Waals surface area contributed by atoms with Gasteiger partial charge in [0, 0.05) is 27.5 Å². The summed E-state index contributed by atoms with van der Waals surface area (Å²) in [7, 11) is 0. The van der Waals surface area contributed by atoms with Gasteiger partial charge in [-0.1, -0.05) is 39.5 Å². The van der Waals surface area contributed by atoms with E-state index in [1.165, 1.54) is 44.3 Å². The summed E-state index contributed by atoms with van der Waals surface area (Å²) >= 11 is 4.26. The molecule has 4 atom stereocenters. The smallest absolute Gasteiger partial charge is 0.0292 e. The van der Waals surface area contributed by atoms with Crippen molar-refractivity contribution in [3.63, 3.8) is 0 Å². The molecule has 1 saturated heterocycles. The summed E-state index contributed by atoms with van der Waals surface area (Å²) in [5.74, 6) is 2.26. The van der Waals surface area contributed by atoms with Crippen LogP contribution in [0.2, 0.25) is 0 Å². The Kier molecular flexibility index (Phi) is 5.56. The van der Waals surface area contributed by atoms with Gasteiger partial charge in [0.1, 0.15) is 0 Å². The molecule has 0 bridgehead atoms. The molecule has 1 aliphatic heterocycles. The highest BCUT2D eigenvalue weighted by atomic mass is 32.2. The summed E-state index contributed by atoms with van der Waals surface area (Å²) in [6.45, 7) is 4.71. The Hall–Kier alpha value is 0.660. The van der Waals surface area contributed by atoms with Crippen LogP contribution in [0, 0.1) is 5.92 Å². The summed E-state index contributed by atoms with van der Waals surface area (Å²) in [5.41, 5.74) is 6.40. The second-order valence-electron chi connectivity index (χ2n) is 5.81. The summed E-state index contributed by atoms with van der Waals surface area (Å²) < 4.78 is 0. The van der Waals surface area contributed by atoms with Crippen molar-refractivity contribution in [2.45, 2.75) is 74.2 Å². The number of rotatable bonds is 4. The van der Waals surface area contributed by atoms with Gasteiger partial charge in [0.15, 0.2) is 0 Å². The maximum absolute atomic E-state index is 6.40. The molecule has 0 aromatic heterocycles. The first kappa shape index (κ1) is 14.1. The van der Waals surface area contributed by atoms with Crippen LogP contribution in [0.4, 0.5) is 0 Å². The van der Waals surface area contributed by atoms with Gasteiger partial charge in [-0.2, -0.15) is 23.5 Å². The highest BCUT2D eigenvalue weighted by molar-refractivity contribution is 8.07. The minimum absolute atomic E-state index is 0.433. The third-order valence-electron chi connectivity index (χ3n) is 4.43. The molecule has 100 valence electrons. The molecule has 2 rings (SSSR count). The fourth-order valence-electron chi connectivity index (χ4n) is 2.95. The van der Waals surface area contributed by atoms with Gasteiger partial charge < -0.3 is 5.73 Å². The van der Waals surface area contributed by atoms with Gasteiger partial charge in [-0.25, -0.2) is 0 Å². The molecule has 2 N–H and O–H groups in total. The molecule has 0 amide bonds. The Morgan fingerprint density at radius 3 is 2.53 bits per heavy atom. The van der Waals surface area contributed by atoms with Gasteiger partial charge >= 0.3 is 0 Å². The zero-order valence-corrected chi connectivity index (χ0v) is 12.9. The lowest BCUT2D eigenvalue weighted by molar-refractivity contribution is 0.447. The van der Waals surface area contributed by atoms with E-state index < -0.39 is 0 Å². The molecule has 1 saturated carbocycles. The molecule has 1 nitrogen and oxygen atoms in total. The highest BCUT2D eigenvalue weighted by Crippen LogP contribution is 2.38. The van der Waals surface area contributed by atoms with E-state index in [0.29, 0.717) is 11.3 Å². The van der Waals surface area contributed by atoms with E-state index in [1.807, 2.05) is 0 Å². The number of nitrogens with two attached hydrogens (primary N) is 1. The number of hydrogen-bond acceptors (Lipinski definition) is 3. The minimum Gasteiger partial charge on any atom is -0.327 e. The molecule has 0 aromatic rings. The highest BCUT2D eigenvalue weighted by Gasteiger charge is 2.29. The van der Waals surface area contributed by atoms with Crippen LogP contribution >= 0.6 is 23.5 Å². The lowest BCUT2D eigenvalue weighted by Crippen LogP contribution is -2.40. The minimum atomic E-state index is 0.433. The van der Waals surface area contributed by atoms with Crippen LogP contribution in [-0.2, 0) is 0 Å². The van der Waals surface area contributed by atoms with Crippen LogP contribution < -0.4 is 5.73 Å². The molecular weight excluding hydrogens is 246 g/mol. The number of hydrogen-bond donors (Lipinski definition) is 1. The molecule has 0 radical (unpaired) electrons. The quantitative estimate of drug-likeness (QED) is 0.841. The standard InChI is InChI=1S/C14H27NS2/c1-10-11(2)17-14(9-16-10)13(15)8-7-12-5-3-4-6-12/h10-14H,3-9,15H2,1-2H3. The largest absolute Gasteiger partial charge is 0.327 e. The van der Waals surface area contributed by atoms with E-state index in [2.05, 4.69) is 37.4 Å². The zero-order chi connectivity index (χ0) is 12.3. The van der Waals surface area contributed by atoms with Gasteiger partial charge in [-0.05, 0) is 18.8 Å². The van der Waals surface area contributed by atoms with E-state index in [-0.39, 0.29) is 0 Å². The molecular formula is C14H27NS2. The second kappa shape index (κ2) is 6.72. The van der Waals surface area contributed by atoms with Gasteiger partial charge in [-0.15, -0.1) is 0 Å². The first-order chi connectivity index (χ1) is 8.16. The van der Waals surface area contributed by atoms with Gasteiger partial charge in [0.2, 0.25) is 0 Å². The van der Waals surface area contributed by atoms with Crippen molar-refractivity contribution in [2.24, 2.45) is 11.7 Å². The van der Waals surface area contributed by atoms with E-state index in [0.717, 1.165) is 16.4 Å². The third kappa shape index (κ3) is 4.07. The molecule has 0 spiro atoms. The van der Waals surface area contributed by atoms with Crippen molar-refractivity contribution in [2.75, 3.05) is 5.75 Å². The predicted octanol–water partition coefficient (Wildman–Crippen LogP) is 3.91. The van der Waals surface area contributed by atoms with Crippen molar-refractivity contribution >= 4 is 23.5 Å². The van der Waals surface area contributed by atoms with Crippen molar-refractivity contribution in [3.8, 4) is 0 Å². The fraction of sp³-hybridized carbons (Fsp3) is 1.00. The molecule has 2 aliphatic rings. The molecule has 3 heteroatoms. The SMILES string of the molecule is CC1SCC(C(N)CCC2CCCC2)SC1C.